The number of urea groups is 1. The highest BCUT2D eigenvalue weighted by Crippen LogP contribution is 2.29. The van der Waals surface area contributed by atoms with Gasteiger partial charge in [-0.05, 0) is 35.4 Å². The Morgan fingerprint density at radius 3 is 2.30 bits per heavy atom. The van der Waals surface area contributed by atoms with Crippen LogP contribution in [0.1, 0.15) is 38.3 Å². The Labute approximate surface area is 139 Å². The predicted octanol–water partition coefficient (Wildman–Crippen LogP) is 4.74. The minimum atomic E-state index is -0.144. The van der Waals surface area contributed by atoms with Crippen molar-refractivity contribution in [1.82, 2.24) is 5.32 Å². The van der Waals surface area contributed by atoms with Crippen molar-refractivity contribution in [3.63, 3.8) is 0 Å². The molecule has 0 aromatic heterocycles. The lowest BCUT2D eigenvalue weighted by molar-refractivity contribution is 0.252. The molecular weight excluding hydrogens is 284 g/mol. The molecule has 2 aromatic carbocycles. The number of amides is 2. The van der Waals surface area contributed by atoms with E-state index < -0.39 is 0 Å². The molecule has 0 bridgehead atoms. The molecule has 23 heavy (non-hydrogen) atoms. The minimum Gasteiger partial charge on any atom is -0.338 e. The molecular formula is C20H26N2O. The van der Waals surface area contributed by atoms with Crippen LogP contribution in [0.15, 0.2) is 54.6 Å². The summed E-state index contributed by atoms with van der Waals surface area (Å²) in [5.74, 6) is 0. The van der Waals surface area contributed by atoms with Crippen molar-refractivity contribution < 1.29 is 4.79 Å². The molecule has 0 spiro atoms. The Balaban J connectivity index is 1.81. The fraction of sp³-hybridized carbons (Fsp3) is 0.350. The summed E-state index contributed by atoms with van der Waals surface area (Å²) < 4.78 is 0. The van der Waals surface area contributed by atoms with Crippen molar-refractivity contribution in [2.45, 2.75) is 39.0 Å². The Morgan fingerprint density at radius 2 is 1.61 bits per heavy atom. The number of hydrogen-bond donors (Lipinski definition) is 2. The number of para-hydroxylation sites is 1. The van der Waals surface area contributed by atoms with Gasteiger partial charge >= 0.3 is 6.03 Å². The molecule has 0 saturated heterocycles. The van der Waals surface area contributed by atoms with Gasteiger partial charge in [0.1, 0.15) is 0 Å². The van der Waals surface area contributed by atoms with Crippen molar-refractivity contribution in [1.29, 1.82) is 0 Å². The van der Waals surface area contributed by atoms with Gasteiger partial charge in [0.05, 0.1) is 0 Å². The molecule has 0 unspecified atom stereocenters. The number of nitrogens with one attached hydrogen (secondary N) is 2. The number of carbonyl (C=O) groups excluding carboxylic acids is 1. The van der Waals surface area contributed by atoms with Gasteiger partial charge in [0.15, 0.2) is 0 Å². The molecule has 0 saturated carbocycles. The quantitative estimate of drug-likeness (QED) is 0.770. The Morgan fingerprint density at radius 1 is 0.957 bits per heavy atom. The molecule has 0 heterocycles. The zero-order chi connectivity index (χ0) is 16.7. The molecule has 2 rings (SSSR count). The smallest absolute Gasteiger partial charge is 0.319 e. The molecule has 2 N–H and O–H groups in total. The van der Waals surface area contributed by atoms with Crippen molar-refractivity contribution in [2.75, 3.05) is 11.9 Å². The maximum Gasteiger partial charge on any atom is 0.319 e. The van der Waals surface area contributed by atoms with Crippen LogP contribution in [0.4, 0.5) is 10.5 Å². The molecule has 0 atom stereocenters. The predicted molar refractivity (Wildman–Crippen MR) is 96.9 cm³/mol. The molecule has 3 heteroatoms. The van der Waals surface area contributed by atoms with Crippen LogP contribution in [-0.2, 0) is 11.8 Å². The van der Waals surface area contributed by atoms with E-state index >= 15 is 0 Å². The second-order valence-electron chi connectivity index (χ2n) is 6.77. The van der Waals surface area contributed by atoms with E-state index in [-0.39, 0.29) is 11.4 Å². The summed E-state index contributed by atoms with van der Waals surface area (Å²) in [5.41, 5.74) is 3.31. The van der Waals surface area contributed by atoms with Crippen molar-refractivity contribution >= 4 is 11.7 Å². The molecule has 0 aliphatic heterocycles. The summed E-state index contributed by atoms with van der Waals surface area (Å²) in [5, 5.41) is 5.90. The van der Waals surface area contributed by atoms with Crippen LogP contribution >= 0.6 is 0 Å². The van der Waals surface area contributed by atoms with Gasteiger partial charge in [-0.3, -0.25) is 0 Å². The van der Waals surface area contributed by atoms with Gasteiger partial charge in [-0.15, -0.1) is 0 Å². The minimum absolute atomic E-state index is 0.00280. The molecule has 0 aliphatic rings. The van der Waals surface area contributed by atoms with Crippen molar-refractivity contribution in [3.05, 3.63) is 65.7 Å². The molecule has 2 aromatic rings. The van der Waals surface area contributed by atoms with Gasteiger partial charge in [0, 0.05) is 12.2 Å². The monoisotopic (exact) mass is 310 g/mol. The zero-order valence-electron chi connectivity index (χ0n) is 14.2. The lowest BCUT2D eigenvalue weighted by Crippen LogP contribution is -2.30. The molecule has 3 nitrogen and oxygen atoms in total. The number of rotatable bonds is 5. The summed E-state index contributed by atoms with van der Waals surface area (Å²) in [6, 6.07) is 18.1. The van der Waals surface area contributed by atoms with E-state index in [0.717, 1.165) is 24.1 Å². The number of carbonyl (C=O) groups is 1. The third-order valence-corrected chi connectivity index (χ3v) is 3.75. The Bertz CT molecular complexity index is 630. The standard InChI is InChI=1S/C20H26N2O/c1-20(2,3)17-13-7-8-14-18(17)22-19(23)21-15-9-12-16-10-5-4-6-11-16/h4-8,10-11,13-14H,9,12,15H2,1-3H3,(H2,21,22,23). The number of benzene rings is 2. The highest BCUT2D eigenvalue weighted by molar-refractivity contribution is 5.90. The fourth-order valence-corrected chi connectivity index (χ4v) is 2.55. The maximum atomic E-state index is 12.1. The van der Waals surface area contributed by atoms with Crippen LogP contribution in [0.3, 0.4) is 0 Å². The second kappa shape index (κ2) is 7.82. The first-order valence-corrected chi connectivity index (χ1v) is 8.15. The highest BCUT2D eigenvalue weighted by Gasteiger charge is 2.18. The topological polar surface area (TPSA) is 41.1 Å². The molecule has 122 valence electrons. The first-order valence-electron chi connectivity index (χ1n) is 8.15. The highest BCUT2D eigenvalue weighted by atomic mass is 16.2. The average molecular weight is 310 g/mol. The van der Waals surface area contributed by atoms with E-state index in [4.69, 9.17) is 0 Å². The van der Waals surface area contributed by atoms with E-state index in [2.05, 4.69) is 49.6 Å². The lowest BCUT2D eigenvalue weighted by Gasteiger charge is -2.23. The maximum absolute atomic E-state index is 12.1. The van der Waals surface area contributed by atoms with Gasteiger partial charge in [-0.2, -0.15) is 0 Å². The largest absolute Gasteiger partial charge is 0.338 e. The van der Waals surface area contributed by atoms with E-state index in [1.807, 2.05) is 36.4 Å². The Hall–Kier alpha value is -2.29. The second-order valence-corrected chi connectivity index (χ2v) is 6.77. The molecule has 0 radical (unpaired) electrons. The lowest BCUT2D eigenvalue weighted by atomic mass is 9.86. The summed E-state index contributed by atoms with van der Waals surface area (Å²) in [7, 11) is 0. The summed E-state index contributed by atoms with van der Waals surface area (Å²) in [4.78, 5) is 12.1. The number of aryl methyl sites for hydroxylation is 1. The van der Waals surface area contributed by atoms with Gasteiger partial charge in [0.25, 0.3) is 0 Å². The number of anilines is 1. The van der Waals surface area contributed by atoms with E-state index in [1.165, 1.54) is 5.56 Å². The van der Waals surface area contributed by atoms with E-state index in [9.17, 15) is 4.79 Å². The van der Waals surface area contributed by atoms with Gasteiger partial charge in [-0.25, -0.2) is 4.79 Å². The normalized spacial score (nSPS) is 11.1. The van der Waals surface area contributed by atoms with Crippen LogP contribution in [0.5, 0.6) is 0 Å². The first kappa shape index (κ1) is 17.1. The summed E-state index contributed by atoms with van der Waals surface area (Å²) in [6.45, 7) is 7.10. The third kappa shape index (κ3) is 5.44. The fourth-order valence-electron chi connectivity index (χ4n) is 2.55. The van der Waals surface area contributed by atoms with Gasteiger partial charge < -0.3 is 10.6 Å². The molecule has 2 amide bonds. The third-order valence-electron chi connectivity index (χ3n) is 3.75. The van der Waals surface area contributed by atoms with Gasteiger partial charge in [0.2, 0.25) is 0 Å². The number of hydrogen-bond acceptors (Lipinski definition) is 1. The first-order chi connectivity index (χ1) is 11.0. The van der Waals surface area contributed by atoms with Crippen LogP contribution in [-0.4, -0.2) is 12.6 Å². The Kier molecular flexibility index (Phi) is 5.80. The van der Waals surface area contributed by atoms with Crippen LogP contribution in [0.25, 0.3) is 0 Å². The van der Waals surface area contributed by atoms with Gasteiger partial charge in [-0.1, -0.05) is 69.3 Å². The summed E-state index contributed by atoms with van der Waals surface area (Å²) in [6.07, 6.45) is 1.90. The van der Waals surface area contributed by atoms with Crippen LogP contribution < -0.4 is 10.6 Å². The van der Waals surface area contributed by atoms with E-state index in [0.29, 0.717) is 6.54 Å². The van der Waals surface area contributed by atoms with E-state index in [1.54, 1.807) is 0 Å². The van der Waals surface area contributed by atoms with Crippen LogP contribution in [0, 0.1) is 0 Å². The molecule has 0 aliphatic carbocycles. The van der Waals surface area contributed by atoms with Crippen molar-refractivity contribution in [2.24, 2.45) is 0 Å². The zero-order valence-corrected chi connectivity index (χ0v) is 14.2. The summed E-state index contributed by atoms with van der Waals surface area (Å²) >= 11 is 0. The average Bonchev–Trinajstić information content (AvgIpc) is 2.52. The van der Waals surface area contributed by atoms with Crippen LogP contribution in [0.2, 0.25) is 0 Å². The molecule has 0 fully saturated rings. The van der Waals surface area contributed by atoms with Crippen molar-refractivity contribution in [3.8, 4) is 0 Å². The SMILES string of the molecule is CC(C)(C)c1ccccc1NC(=O)NCCCc1ccccc1.